The quantitative estimate of drug-likeness (QED) is 0.745. The molecule has 3 rings (SSSR count). The van der Waals surface area contributed by atoms with Gasteiger partial charge in [0.05, 0.1) is 11.5 Å². The number of nitrogens with zero attached hydrogens (tertiary/aromatic N) is 2. The molecule has 23 heavy (non-hydrogen) atoms. The third kappa shape index (κ3) is 3.24. The molecule has 0 spiro atoms. The van der Waals surface area contributed by atoms with Crippen LogP contribution in [0.5, 0.6) is 0 Å². The predicted molar refractivity (Wildman–Crippen MR) is 88.2 cm³/mol. The molecule has 1 aromatic heterocycles. The molecule has 8 nitrogen and oxygen atoms in total. The first-order valence-corrected chi connectivity index (χ1v) is 9.61. The van der Waals surface area contributed by atoms with Crippen LogP contribution in [0.15, 0.2) is 6.33 Å². The number of sulfone groups is 1. The van der Waals surface area contributed by atoms with E-state index in [1.165, 1.54) is 6.33 Å². The van der Waals surface area contributed by atoms with Gasteiger partial charge in [-0.2, -0.15) is 0 Å². The highest BCUT2D eigenvalue weighted by Crippen LogP contribution is 2.33. The van der Waals surface area contributed by atoms with Crippen LogP contribution in [-0.2, 0) is 14.6 Å². The fourth-order valence-electron chi connectivity index (χ4n) is 2.88. The normalized spacial score (nSPS) is 26.8. The maximum atomic E-state index is 12.3. The molecule has 3 unspecified atom stereocenters. The van der Waals surface area contributed by atoms with E-state index in [1.54, 1.807) is 0 Å². The van der Waals surface area contributed by atoms with Gasteiger partial charge in [-0.05, 0) is 12.3 Å². The summed E-state index contributed by atoms with van der Waals surface area (Å²) in [4.78, 5) is 20.6. The van der Waals surface area contributed by atoms with Crippen LogP contribution in [0.3, 0.4) is 0 Å². The first kappa shape index (κ1) is 16.0. The molecule has 126 valence electrons. The molecule has 0 aliphatic carbocycles. The third-order valence-electron chi connectivity index (χ3n) is 4.46. The zero-order chi connectivity index (χ0) is 16.6. The maximum absolute atomic E-state index is 12.3. The molecule has 0 radical (unpaired) electrons. The summed E-state index contributed by atoms with van der Waals surface area (Å²) in [5, 5.41) is 9.13. The highest BCUT2D eigenvalue weighted by molar-refractivity contribution is 7.91. The van der Waals surface area contributed by atoms with Gasteiger partial charge in [0, 0.05) is 6.04 Å². The second-order valence-electron chi connectivity index (χ2n) is 6.19. The van der Waals surface area contributed by atoms with E-state index in [0.29, 0.717) is 23.7 Å². The minimum Gasteiger partial charge on any atom is -0.364 e. The Hall–Kier alpha value is -1.90. The Kier molecular flexibility index (Phi) is 4.13. The lowest BCUT2D eigenvalue weighted by Gasteiger charge is -2.30. The molecular formula is C14H21N5O3S. The summed E-state index contributed by atoms with van der Waals surface area (Å²) in [6.07, 6.45) is 2.82. The number of carbonyl (C=O) groups excluding carboxylic acids is 1. The van der Waals surface area contributed by atoms with Crippen LogP contribution in [-0.4, -0.2) is 47.9 Å². The van der Waals surface area contributed by atoms with Gasteiger partial charge in [-0.3, -0.25) is 4.79 Å². The van der Waals surface area contributed by atoms with Crippen LogP contribution in [0, 0.1) is 5.92 Å². The van der Waals surface area contributed by atoms with E-state index in [-0.39, 0.29) is 35.4 Å². The van der Waals surface area contributed by atoms with E-state index in [9.17, 15) is 13.2 Å². The molecule has 1 fully saturated rings. The lowest BCUT2D eigenvalue weighted by atomic mass is 9.97. The molecule has 0 saturated carbocycles. The van der Waals surface area contributed by atoms with Gasteiger partial charge in [0.1, 0.15) is 18.1 Å². The lowest BCUT2D eigenvalue weighted by Crippen LogP contribution is -2.44. The van der Waals surface area contributed by atoms with Crippen molar-refractivity contribution >= 4 is 33.1 Å². The van der Waals surface area contributed by atoms with Gasteiger partial charge in [0.25, 0.3) is 0 Å². The zero-order valence-electron chi connectivity index (χ0n) is 13.2. The van der Waals surface area contributed by atoms with Gasteiger partial charge in [-0.25, -0.2) is 18.4 Å². The van der Waals surface area contributed by atoms with Crippen LogP contribution < -0.4 is 16.0 Å². The number of fused-ring (bicyclic) bond motifs is 1. The Morgan fingerprint density at radius 3 is 2.87 bits per heavy atom. The Labute approximate surface area is 135 Å². The summed E-state index contributed by atoms with van der Waals surface area (Å²) in [7, 11) is -2.98. The van der Waals surface area contributed by atoms with Crippen molar-refractivity contribution < 1.29 is 13.2 Å². The Balaban J connectivity index is 1.82. The fraction of sp³-hybridized carbons (Fsp3) is 0.643. The van der Waals surface area contributed by atoms with Crippen LogP contribution in [0.25, 0.3) is 0 Å². The first-order valence-electron chi connectivity index (χ1n) is 7.79. The Morgan fingerprint density at radius 2 is 2.22 bits per heavy atom. The average molecular weight is 339 g/mol. The van der Waals surface area contributed by atoms with Crippen molar-refractivity contribution in [2.45, 2.75) is 38.8 Å². The fourth-order valence-corrected chi connectivity index (χ4v) is 4.55. The van der Waals surface area contributed by atoms with E-state index in [4.69, 9.17) is 0 Å². The number of carbonyl (C=O) groups is 1. The highest BCUT2D eigenvalue weighted by atomic mass is 32.2. The van der Waals surface area contributed by atoms with Crippen molar-refractivity contribution in [3.8, 4) is 0 Å². The van der Waals surface area contributed by atoms with Gasteiger partial charge in [-0.15, -0.1) is 0 Å². The molecular weight excluding hydrogens is 318 g/mol. The van der Waals surface area contributed by atoms with Gasteiger partial charge in [0.2, 0.25) is 5.91 Å². The van der Waals surface area contributed by atoms with Crippen molar-refractivity contribution in [1.82, 2.24) is 9.97 Å². The van der Waals surface area contributed by atoms with Crippen molar-refractivity contribution in [3.05, 3.63) is 6.33 Å². The molecule has 3 N–H and O–H groups in total. The SMILES string of the molecule is CCC(C)C1Nc2ncnc(NC3CCS(=O)(=O)C3)c2NC1=O. The van der Waals surface area contributed by atoms with E-state index >= 15 is 0 Å². The number of amides is 1. The highest BCUT2D eigenvalue weighted by Gasteiger charge is 2.33. The molecule has 3 atom stereocenters. The molecule has 1 amide bonds. The van der Waals surface area contributed by atoms with Crippen molar-refractivity contribution in [2.24, 2.45) is 5.92 Å². The average Bonchev–Trinajstić information content (AvgIpc) is 2.85. The van der Waals surface area contributed by atoms with Crippen molar-refractivity contribution in [1.29, 1.82) is 0 Å². The first-order chi connectivity index (χ1) is 10.9. The van der Waals surface area contributed by atoms with E-state index < -0.39 is 9.84 Å². The molecule has 0 bridgehead atoms. The Bertz CT molecular complexity index is 721. The van der Waals surface area contributed by atoms with Gasteiger partial charge in [-0.1, -0.05) is 20.3 Å². The summed E-state index contributed by atoms with van der Waals surface area (Å²) in [6.45, 7) is 4.04. The minimum atomic E-state index is -2.98. The Morgan fingerprint density at radius 1 is 1.43 bits per heavy atom. The molecule has 3 heterocycles. The standard InChI is InChI=1S/C14H21N5O3S/c1-3-8(2)10-14(20)19-11-12(15-7-16-13(11)18-10)17-9-4-5-23(21,22)6-9/h7-10H,3-6H2,1-2H3,(H,19,20)(H2,15,16,17,18). The van der Waals surface area contributed by atoms with Crippen LogP contribution >= 0.6 is 0 Å². The number of nitrogens with one attached hydrogen (secondary N) is 3. The summed E-state index contributed by atoms with van der Waals surface area (Å²) >= 11 is 0. The second kappa shape index (κ2) is 5.95. The van der Waals surface area contributed by atoms with E-state index in [1.807, 2.05) is 13.8 Å². The van der Waals surface area contributed by atoms with Crippen molar-refractivity contribution in [3.63, 3.8) is 0 Å². The summed E-state index contributed by atoms with van der Waals surface area (Å²) in [5.41, 5.74) is 0.487. The van der Waals surface area contributed by atoms with Gasteiger partial charge in [0.15, 0.2) is 21.5 Å². The minimum absolute atomic E-state index is 0.0860. The number of rotatable bonds is 4. The predicted octanol–water partition coefficient (Wildman–Crippen LogP) is 0.854. The van der Waals surface area contributed by atoms with Crippen LogP contribution in [0.4, 0.5) is 17.3 Å². The molecule has 1 aromatic rings. The molecule has 0 aromatic carbocycles. The maximum Gasteiger partial charge on any atom is 0.247 e. The van der Waals surface area contributed by atoms with E-state index in [0.717, 1.165) is 6.42 Å². The molecule has 2 aliphatic rings. The van der Waals surface area contributed by atoms with Crippen LogP contribution in [0.1, 0.15) is 26.7 Å². The van der Waals surface area contributed by atoms with Gasteiger partial charge < -0.3 is 16.0 Å². The number of hydrogen-bond acceptors (Lipinski definition) is 7. The molecule has 2 aliphatic heterocycles. The number of anilines is 3. The monoisotopic (exact) mass is 339 g/mol. The number of hydrogen-bond donors (Lipinski definition) is 3. The summed E-state index contributed by atoms with van der Waals surface area (Å²) in [6, 6.07) is -0.523. The third-order valence-corrected chi connectivity index (χ3v) is 6.22. The van der Waals surface area contributed by atoms with Crippen molar-refractivity contribution in [2.75, 3.05) is 27.5 Å². The van der Waals surface area contributed by atoms with Gasteiger partial charge >= 0.3 is 0 Å². The smallest absolute Gasteiger partial charge is 0.247 e. The molecule has 9 heteroatoms. The summed E-state index contributed by atoms with van der Waals surface area (Å²) < 4.78 is 23.1. The summed E-state index contributed by atoms with van der Waals surface area (Å²) in [5.74, 6) is 1.34. The second-order valence-corrected chi connectivity index (χ2v) is 8.42. The largest absolute Gasteiger partial charge is 0.364 e. The van der Waals surface area contributed by atoms with E-state index in [2.05, 4.69) is 25.9 Å². The number of aromatic nitrogens is 2. The molecule has 1 saturated heterocycles. The topological polar surface area (TPSA) is 113 Å². The zero-order valence-corrected chi connectivity index (χ0v) is 14.0. The lowest BCUT2D eigenvalue weighted by molar-refractivity contribution is -0.118. The van der Waals surface area contributed by atoms with Crippen LogP contribution in [0.2, 0.25) is 0 Å².